The van der Waals surface area contributed by atoms with Gasteiger partial charge in [-0.05, 0) is 37.5 Å². The number of aromatic nitrogens is 2. The molecular weight excluding hydrogens is 403 g/mol. The van der Waals surface area contributed by atoms with Gasteiger partial charge in [-0.3, -0.25) is 4.79 Å². The summed E-state index contributed by atoms with van der Waals surface area (Å²) in [4.78, 5) is 12.7. The quantitative estimate of drug-likeness (QED) is 0.587. The number of hydrogen-bond acceptors (Lipinski definition) is 2. The summed E-state index contributed by atoms with van der Waals surface area (Å²) in [6.45, 7) is 1.81. The summed E-state index contributed by atoms with van der Waals surface area (Å²) in [5.74, 6) is -0.645. The third-order valence-electron chi connectivity index (χ3n) is 4.40. The van der Waals surface area contributed by atoms with Gasteiger partial charge in [0.25, 0.3) is 5.91 Å². The average Bonchev–Trinajstić information content (AvgIpc) is 3.13. The number of nitrogens with zero attached hydrogens (tertiary/aromatic N) is 2. The fourth-order valence-corrected chi connectivity index (χ4v) is 3.10. The molecule has 4 nitrogen and oxygen atoms in total. The zero-order chi connectivity index (χ0) is 21.0. The van der Waals surface area contributed by atoms with Crippen LogP contribution in [0.4, 0.5) is 13.2 Å². The Kier molecular flexibility index (Phi) is 6.27. The molecule has 1 heterocycles. The molecule has 0 aliphatic rings. The maximum absolute atomic E-state index is 13.2. The lowest BCUT2D eigenvalue weighted by atomic mass is 10.1. The van der Waals surface area contributed by atoms with Crippen LogP contribution in [-0.2, 0) is 12.6 Å². The highest BCUT2D eigenvalue weighted by Gasteiger charge is 2.36. The normalized spacial score (nSPS) is 12.6. The Bertz CT molecular complexity index is 986. The Morgan fingerprint density at radius 2 is 1.79 bits per heavy atom. The minimum absolute atomic E-state index is 0.190. The average molecular weight is 422 g/mol. The summed E-state index contributed by atoms with van der Waals surface area (Å²) in [5.41, 5.74) is -0.0580. The van der Waals surface area contributed by atoms with Crippen molar-refractivity contribution in [2.24, 2.45) is 0 Å². The molecule has 0 spiro atoms. The lowest BCUT2D eigenvalue weighted by Gasteiger charge is -2.15. The van der Waals surface area contributed by atoms with Crippen LogP contribution in [-0.4, -0.2) is 21.7 Å². The number of aryl methyl sites for hydroxylation is 1. The molecule has 0 saturated heterocycles. The molecule has 1 N–H and O–H groups in total. The largest absolute Gasteiger partial charge is 0.435 e. The first-order valence-corrected chi connectivity index (χ1v) is 9.40. The molecule has 0 radical (unpaired) electrons. The summed E-state index contributed by atoms with van der Waals surface area (Å²) in [7, 11) is 0. The molecule has 2 aromatic carbocycles. The lowest BCUT2D eigenvalue weighted by molar-refractivity contribution is -0.141. The van der Waals surface area contributed by atoms with Crippen molar-refractivity contribution >= 4 is 17.5 Å². The molecule has 152 valence electrons. The van der Waals surface area contributed by atoms with Crippen LogP contribution in [0.5, 0.6) is 0 Å². The molecule has 0 bridgehead atoms. The van der Waals surface area contributed by atoms with E-state index in [0.29, 0.717) is 6.42 Å². The molecular formula is C21H19ClF3N3O. The first-order chi connectivity index (χ1) is 13.8. The highest BCUT2D eigenvalue weighted by atomic mass is 35.5. The van der Waals surface area contributed by atoms with E-state index in [2.05, 4.69) is 10.4 Å². The highest BCUT2D eigenvalue weighted by Crippen LogP contribution is 2.31. The highest BCUT2D eigenvalue weighted by molar-refractivity contribution is 6.32. The minimum atomic E-state index is -4.68. The smallest absolute Gasteiger partial charge is 0.348 e. The molecule has 1 amide bonds. The van der Waals surface area contributed by atoms with E-state index >= 15 is 0 Å². The van der Waals surface area contributed by atoms with Crippen molar-refractivity contribution in [3.63, 3.8) is 0 Å². The van der Waals surface area contributed by atoms with Crippen LogP contribution in [0.2, 0.25) is 5.02 Å². The topological polar surface area (TPSA) is 46.9 Å². The van der Waals surface area contributed by atoms with Crippen molar-refractivity contribution in [3.8, 4) is 5.69 Å². The molecule has 1 aromatic heterocycles. The molecule has 8 heteroatoms. The van der Waals surface area contributed by atoms with E-state index in [9.17, 15) is 18.0 Å². The van der Waals surface area contributed by atoms with Gasteiger partial charge in [0.05, 0.1) is 10.7 Å². The van der Waals surface area contributed by atoms with E-state index in [0.717, 1.165) is 22.7 Å². The molecule has 0 aliphatic carbocycles. The summed E-state index contributed by atoms with van der Waals surface area (Å²) in [6, 6.07) is 16.5. The number of amides is 1. The number of para-hydroxylation sites is 1. The van der Waals surface area contributed by atoms with Gasteiger partial charge in [0.15, 0.2) is 5.69 Å². The number of carbonyl (C=O) groups excluding carboxylic acids is 1. The van der Waals surface area contributed by atoms with E-state index in [4.69, 9.17) is 11.6 Å². The van der Waals surface area contributed by atoms with Crippen molar-refractivity contribution < 1.29 is 18.0 Å². The molecule has 0 fully saturated rings. The number of hydrogen-bond donors (Lipinski definition) is 1. The Hall–Kier alpha value is -2.80. The second-order valence-corrected chi connectivity index (χ2v) is 7.08. The first kappa shape index (κ1) is 20.9. The standard InChI is InChI=1S/C21H19ClF3N3O/c1-14(11-12-15-7-3-2-4-8-15)26-20(29)18-13-19(21(23,24)25)27-28(18)17-10-6-5-9-16(17)22/h2-10,13-14H,11-12H2,1H3,(H,26,29). The molecule has 1 unspecified atom stereocenters. The summed E-state index contributed by atoms with van der Waals surface area (Å²) in [5, 5.41) is 6.52. The van der Waals surface area contributed by atoms with Crippen LogP contribution in [0.1, 0.15) is 35.1 Å². The van der Waals surface area contributed by atoms with Gasteiger partial charge in [0.1, 0.15) is 5.69 Å². The van der Waals surface area contributed by atoms with Crippen LogP contribution < -0.4 is 5.32 Å². The van der Waals surface area contributed by atoms with Gasteiger partial charge in [-0.15, -0.1) is 0 Å². The van der Waals surface area contributed by atoms with Gasteiger partial charge in [-0.1, -0.05) is 54.1 Å². The Morgan fingerprint density at radius 3 is 2.45 bits per heavy atom. The Morgan fingerprint density at radius 1 is 1.14 bits per heavy atom. The molecule has 3 rings (SSSR count). The van der Waals surface area contributed by atoms with Crippen LogP contribution in [0.3, 0.4) is 0 Å². The van der Waals surface area contributed by atoms with Crippen LogP contribution in [0, 0.1) is 0 Å². The lowest BCUT2D eigenvalue weighted by Crippen LogP contribution is -2.34. The Labute approximate surface area is 171 Å². The van der Waals surface area contributed by atoms with Crippen LogP contribution in [0.15, 0.2) is 60.7 Å². The van der Waals surface area contributed by atoms with Gasteiger partial charge < -0.3 is 5.32 Å². The predicted octanol–water partition coefficient (Wildman–Crippen LogP) is 5.30. The van der Waals surface area contributed by atoms with Crippen molar-refractivity contribution in [1.29, 1.82) is 0 Å². The third-order valence-corrected chi connectivity index (χ3v) is 4.72. The summed E-state index contributed by atoms with van der Waals surface area (Å²) >= 11 is 6.11. The van der Waals surface area contributed by atoms with Gasteiger partial charge >= 0.3 is 6.18 Å². The van der Waals surface area contributed by atoms with Gasteiger partial charge in [0.2, 0.25) is 0 Å². The first-order valence-electron chi connectivity index (χ1n) is 9.02. The Balaban J connectivity index is 1.82. The monoisotopic (exact) mass is 421 g/mol. The zero-order valence-electron chi connectivity index (χ0n) is 15.6. The van der Waals surface area contributed by atoms with Gasteiger partial charge in [-0.2, -0.15) is 18.3 Å². The summed E-state index contributed by atoms with van der Waals surface area (Å²) < 4.78 is 40.5. The SMILES string of the molecule is CC(CCc1ccccc1)NC(=O)c1cc(C(F)(F)F)nn1-c1ccccc1Cl. The number of benzene rings is 2. The van der Waals surface area contributed by atoms with Crippen molar-refractivity contribution in [2.45, 2.75) is 32.0 Å². The van der Waals surface area contributed by atoms with E-state index in [-0.39, 0.29) is 22.4 Å². The van der Waals surface area contributed by atoms with Crippen molar-refractivity contribution in [3.05, 3.63) is 82.6 Å². The molecule has 1 atom stereocenters. The maximum Gasteiger partial charge on any atom is 0.435 e. The second kappa shape index (κ2) is 8.69. The van der Waals surface area contributed by atoms with E-state index in [1.54, 1.807) is 12.1 Å². The van der Waals surface area contributed by atoms with Gasteiger partial charge in [-0.25, -0.2) is 4.68 Å². The molecule has 0 saturated carbocycles. The molecule has 0 aliphatic heterocycles. The third kappa shape index (κ3) is 5.17. The minimum Gasteiger partial charge on any atom is -0.348 e. The van der Waals surface area contributed by atoms with Crippen LogP contribution in [0.25, 0.3) is 5.69 Å². The zero-order valence-corrected chi connectivity index (χ0v) is 16.3. The number of alkyl halides is 3. The number of halogens is 4. The molecule has 29 heavy (non-hydrogen) atoms. The maximum atomic E-state index is 13.2. The van der Waals surface area contributed by atoms with Crippen molar-refractivity contribution in [2.75, 3.05) is 0 Å². The van der Waals surface area contributed by atoms with Crippen molar-refractivity contribution in [1.82, 2.24) is 15.1 Å². The fourth-order valence-electron chi connectivity index (χ4n) is 2.89. The van der Waals surface area contributed by atoms with E-state index in [1.165, 1.54) is 12.1 Å². The van der Waals surface area contributed by atoms with Gasteiger partial charge in [0, 0.05) is 12.1 Å². The number of carbonyl (C=O) groups is 1. The predicted molar refractivity (Wildman–Crippen MR) is 105 cm³/mol. The fraction of sp³-hybridized carbons (Fsp3) is 0.238. The number of rotatable bonds is 6. The van der Waals surface area contributed by atoms with Crippen LogP contribution >= 0.6 is 11.6 Å². The molecule has 3 aromatic rings. The summed E-state index contributed by atoms with van der Waals surface area (Å²) in [6.07, 6.45) is -3.30. The second-order valence-electron chi connectivity index (χ2n) is 6.67. The number of nitrogens with one attached hydrogen (secondary N) is 1. The van der Waals surface area contributed by atoms with E-state index < -0.39 is 17.8 Å². The van der Waals surface area contributed by atoms with E-state index in [1.807, 2.05) is 37.3 Å².